The topological polar surface area (TPSA) is 6.48 Å². The lowest BCUT2D eigenvalue weighted by Crippen LogP contribution is -2.26. The molecule has 5 aliphatic carbocycles. The molecule has 0 spiro atoms. The standard InChI is InChI=1S/C63H72N2/c1-3-5-7-9-11-19-37-63(38-20-12-10-8-6-4-2)61-43-53(64(49-21-15-13-16-22-49)51-29-33-55-45-25-27-47(39-45)59(55)41-51)31-35-57(61)58-36-32-54(44-62(58)63)65(50-23-17-14-18-24-50)52-30-34-56-46-26-28-48(40-46)60(56)42-52/h13-18,21-24,29-36,41-48H,3-12,19-20,25-28,37-40H2,1-2H3. The van der Waals surface area contributed by atoms with Gasteiger partial charge in [-0.2, -0.15) is 0 Å². The van der Waals surface area contributed by atoms with E-state index >= 15 is 0 Å². The minimum atomic E-state index is -0.0644. The van der Waals surface area contributed by atoms with Crippen molar-refractivity contribution in [3.8, 4) is 11.1 Å². The fraction of sp³-hybridized carbons (Fsp3) is 0.429. The molecule has 2 nitrogen and oxygen atoms in total. The zero-order chi connectivity index (χ0) is 43.7. The summed E-state index contributed by atoms with van der Waals surface area (Å²) in [6.45, 7) is 4.68. The van der Waals surface area contributed by atoms with Crippen LogP contribution in [0.5, 0.6) is 0 Å². The van der Waals surface area contributed by atoms with Gasteiger partial charge in [0.25, 0.3) is 0 Å². The Hall–Kier alpha value is -5.08. The quantitative estimate of drug-likeness (QED) is 0.0706. The highest BCUT2D eigenvalue weighted by molar-refractivity contribution is 5.89. The number of unbranched alkanes of at least 4 members (excludes halogenated alkanes) is 10. The van der Waals surface area contributed by atoms with Gasteiger partial charge < -0.3 is 9.80 Å². The van der Waals surface area contributed by atoms with Crippen LogP contribution in [-0.4, -0.2) is 0 Å². The summed E-state index contributed by atoms with van der Waals surface area (Å²) in [4.78, 5) is 5.16. The minimum Gasteiger partial charge on any atom is -0.310 e. The van der Waals surface area contributed by atoms with E-state index < -0.39 is 0 Å². The molecule has 65 heavy (non-hydrogen) atoms. The van der Waals surface area contributed by atoms with Crippen molar-refractivity contribution in [2.75, 3.05) is 9.80 Å². The van der Waals surface area contributed by atoms with Gasteiger partial charge in [-0.1, -0.05) is 152 Å². The second kappa shape index (κ2) is 18.7. The summed E-state index contributed by atoms with van der Waals surface area (Å²) in [5.74, 6) is 2.97. The first kappa shape index (κ1) is 42.5. The predicted octanol–water partition coefficient (Wildman–Crippen LogP) is 19.1. The highest BCUT2D eigenvalue weighted by atomic mass is 15.1. The van der Waals surface area contributed by atoms with E-state index in [2.05, 4.69) is 157 Å². The third-order valence-corrected chi connectivity index (χ3v) is 17.1. The highest BCUT2D eigenvalue weighted by Gasteiger charge is 2.44. The van der Waals surface area contributed by atoms with Crippen LogP contribution in [-0.2, 0) is 5.41 Å². The fourth-order valence-corrected chi connectivity index (χ4v) is 13.8. The molecule has 2 saturated carbocycles. The van der Waals surface area contributed by atoms with Crippen molar-refractivity contribution in [3.05, 3.63) is 167 Å². The maximum atomic E-state index is 2.67. The number of benzene rings is 6. The normalized spacial score (nSPS) is 20.2. The van der Waals surface area contributed by atoms with E-state index in [9.17, 15) is 0 Å². The van der Waals surface area contributed by atoms with Crippen LogP contribution in [0, 0.1) is 0 Å². The number of para-hydroxylation sites is 2. The first-order valence-corrected chi connectivity index (χ1v) is 26.4. The van der Waals surface area contributed by atoms with Crippen molar-refractivity contribution in [1.82, 2.24) is 0 Å². The van der Waals surface area contributed by atoms with E-state index in [1.807, 2.05) is 0 Å². The SMILES string of the molecule is CCCCCCCCC1(CCCCCCCC)c2cc(N(c3ccccc3)c3ccc4c(c3)C3CCC4C3)ccc2-c2ccc(N(c3ccccc3)c3ccc4c(c3)C3CCC4C3)cc21. The Balaban J connectivity index is 1.04. The lowest BCUT2D eigenvalue weighted by Gasteiger charge is -2.35. The molecule has 0 radical (unpaired) electrons. The lowest BCUT2D eigenvalue weighted by molar-refractivity contribution is 0.398. The van der Waals surface area contributed by atoms with Crippen LogP contribution in [0.15, 0.2) is 133 Å². The molecule has 4 unspecified atom stereocenters. The van der Waals surface area contributed by atoms with Gasteiger partial charge in [-0.25, -0.2) is 0 Å². The third kappa shape index (κ3) is 7.95. The van der Waals surface area contributed by atoms with Gasteiger partial charge in [-0.3, -0.25) is 0 Å². The van der Waals surface area contributed by atoms with Crippen molar-refractivity contribution >= 4 is 34.1 Å². The molecule has 2 heteroatoms. The Morgan fingerprint density at radius 1 is 0.369 bits per heavy atom. The first-order valence-electron chi connectivity index (χ1n) is 26.4. The summed E-state index contributed by atoms with van der Waals surface area (Å²) in [6.07, 6.45) is 26.3. The Morgan fingerprint density at radius 2 is 0.738 bits per heavy atom. The Bertz CT molecular complexity index is 2410. The average molecular weight is 857 g/mol. The van der Waals surface area contributed by atoms with Gasteiger partial charge >= 0.3 is 0 Å². The number of fused-ring (bicyclic) bond motifs is 13. The van der Waals surface area contributed by atoms with Crippen LogP contribution in [0.3, 0.4) is 0 Å². The molecule has 11 rings (SSSR count). The van der Waals surface area contributed by atoms with Gasteiger partial charge in [0.15, 0.2) is 0 Å². The van der Waals surface area contributed by atoms with Crippen molar-refractivity contribution in [1.29, 1.82) is 0 Å². The smallest absolute Gasteiger partial charge is 0.0465 e. The molecule has 0 N–H and O–H groups in total. The van der Waals surface area contributed by atoms with Crippen molar-refractivity contribution in [2.45, 2.75) is 171 Å². The minimum absolute atomic E-state index is 0.0644. The van der Waals surface area contributed by atoms with Gasteiger partial charge in [-0.15, -0.1) is 0 Å². The predicted molar refractivity (Wildman–Crippen MR) is 277 cm³/mol. The second-order valence-corrected chi connectivity index (χ2v) is 21.0. The summed E-state index contributed by atoms with van der Waals surface area (Å²) in [7, 11) is 0. The average Bonchev–Trinajstić information content (AvgIpc) is 4.21. The van der Waals surface area contributed by atoms with Gasteiger partial charge in [0, 0.05) is 39.5 Å². The van der Waals surface area contributed by atoms with E-state index in [0.29, 0.717) is 0 Å². The third-order valence-electron chi connectivity index (χ3n) is 17.1. The summed E-state index contributed by atoms with van der Waals surface area (Å²) in [5, 5.41) is 0. The molecule has 0 aromatic heterocycles. The Kier molecular flexibility index (Phi) is 12.2. The van der Waals surface area contributed by atoms with Gasteiger partial charge in [0.2, 0.25) is 0 Å². The van der Waals surface area contributed by atoms with Crippen LogP contribution in [0.1, 0.15) is 199 Å². The van der Waals surface area contributed by atoms with E-state index in [-0.39, 0.29) is 5.41 Å². The summed E-state index contributed by atoms with van der Waals surface area (Å²) in [6, 6.07) is 52.7. The lowest BCUT2D eigenvalue weighted by atomic mass is 9.70. The van der Waals surface area contributed by atoms with Gasteiger partial charge in [0.05, 0.1) is 0 Å². The zero-order valence-corrected chi connectivity index (χ0v) is 39.5. The maximum absolute atomic E-state index is 2.67. The van der Waals surface area contributed by atoms with Gasteiger partial charge in [-0.05, 0) is 192 Å². The Labute approximate surface area is 391 Å². The molecule has 0 saturated heterocycles. The van der Waals surface area contributed by atoms with E-state index in [0.717, 1.165) is 23.7 Å². The summed E-state index contributed by atoms with van der Waals surface area (Å²) < 4.78 is 0. The van der Waals surface area contributed by atoms with Crippen LogP contribution in [0.2, 0.25) is 0 Å². The largest absolute Gasteiger partial charge is 0.310 e. The molecule has 0 aliphatic heterocycles. The molecule has 4 bridgehead atoms. The first-order chi connectivity index (χ1) is 32.1. The highest BCUT2D eigenvalue weighted by Crippen LogP contribution is 2.59. The zero-order valence-electron chi connectivity index (χ0n) is 39.5. The fourth-order valence-electron chi connectivity index (χ4n) is 13.8. The number of rotatable bonds is 20. The monoisotopic (exact) mass is 857 g/mol. The maximum Gasteiger partial charge on any atom is 0.0465 e. The molecule has 5 aliphatic rings. The molecular formula is C63H72N2. The molecule has 334 valence electrons. The van der Waals surface area contributed by atoms with Crippen LogP contribution < -0.4 is 9.80 Å². The molecule has 0 amide bonds. The molecule has 2 fully saturated rings. The number of anilines is 6. The summed E-state index contributed by atoms with van der Waals surface area (Å²) in [5.41, 5.74) is 20.1. The van der Waals surface area contributed by atoms with Crippen LogP contribution >= 0.6 is 0 Å². The molecule has 0 heterocycles. The van der Waals surface area contributed by atoms with Crippen molar-refractivity contribution < 1.29 is 0 Å². The van der Waals surface area contributed by atoms with E-state index in [1.54, 1.807) is 33.4 Å². The molecular weight excluding hydrogens is 785 g/mol. The van der Waals surface area contributed by atoms with Crippen molar-refractivity contribution in [2.24, 2.45) is 0 Å². The number of hydrogen-bond acceptors (Lipinski definition) is 2. The van der Waals surface area contributed by atoms with E-state index in [1.165, 1.54) is 174 Å². The van der Waals surface area contributed by atoms with Crippen LogP contribution in [0.4, 0.5) is 34.1 Å². The molecule has 4 atom stereocenters. The summed E-state index contributed by atoms with van der Waals surface area (Å²) >= 11 is 0. The number of hydrogen-bond donors (Lipinski definition) is 0. The van der Waals surface area contributed by atoms with Crippen molar-refractivity contribution in [3.63, 3.8) is 0 Å². The van der Waals surface area contributed by atoms with E-state index in [4.69, 9.17) is 0 Å². The number of nitrogens with zero attached hydrogens (tertiary/aromatic N) is 2. The van der Waals surface area contributed by atoms with Gasteiger partial charge in [0.1, 0.15) is 0 Å². The molecule has 6 aromatic rings. The Morgan fingerprint density at radius 3 is 1.17 bits per heavy atom. The van der Waals surface area contributed by atoms with Crippen LogP contribution in [0.25, 0.3) is 11.1 Å². The molecule has 6 aromatic carbocycles. The second-order valence-electron chi connectivity index (χ2n) is 21.0.